The smallest absolute Gasteiger partial charge is 0.338 e. The van der Waals surface area contributed by atoms with Gasteiger partial charge < -0.3 is 24.5 Å². The topological polar surface area (TPSA) is 144 Å². The van der Waals surface area contributed by atoms with E-state index in [0.29, 0.717) is 28.4 Å². The van der Waals surface area contributed by atoms with Gasteiger partial charge >= 0.3 is 10.8 Å². The van der Waals surface area contributed by atoms with E-state index in [2.05, 4.69) is 10.3 Å². The average Bonchev–Trinajstić information content (AvgIpc) is 3.86. The van der Waals surface area contributed by atoms with E-state index in [1.165, 1.54) is 16.2 Å². The van der Waals surface area contributed by atoms with Gasteiger partial charge in [-0.1, -0.05) is 23.5 Å². The Kier molecular flexibility index (Phi) is 8.26. The first-order valence-corrected chi connectivity index (χ1v) is 18.2. The van der Waals surface area contributed by atoms with Crippen molar-refractivity contribution >= 4 is 58.2 Å². The van der Waals surface area contributed by atoms with E-state index in [-0.39, 0.29) is 64.7 Å². The summed E-state index contributed by atoms with van der Waals surface area (Å²) < 4.78 is 16.2. The number of methoxy groups -OCH3 is 1. The first-order valence-electron chi connectivity index (χ1n) is 16.5. The zero-order chi connectivity index (χ0) is 34.7. The van der Waals surface area contributed by atoms with Crippen LogP contribution in [0.15, 0.2) is 82.6 Å². The molecule has 3 aromatic carbocycles. The number of benzene rings is 3. The number of rotatable bonds is 9. The molecular weight excluding hydrogens is 679 g/mol. The van der Waals surface area contributed by atoms with Crippen LogP contribution >= 0.6 is 23.1 Å². The van der Waals surface area contributed by atoms with Crippen molar-refractivity contribution in [3.63, 3.8) is 0 Å². The second-order valence-corrected chi connectivity index (χ2v) is 15.1. The number of H-pyrrole nitrogens is 1. The van der Waals surface area contributed by atoms with Crippen LogP contribution in [-0.4, -0.2) is 54.2 Å². The van der Waals surface area contributed by atoms with E-state index < -0.39 is 17.8 Å². The summed E-state index contributed by atoms with van der Waals surface area (Å²) in [4.78, 5) is 70.5. The van der Waals surface area contributed by atoms with Crippen molar-refractivity contribution in [2.45, 2.75) is 29.5 Å². The van der Waals surface area contributed by atoms with Crippen molar-refractivity contribution < 1.29 is 33.4 Å². The Labute approximate surface area is 295 Å². The van der Waals surface area contributed by atoms with Crippen LogP contribution in [0, 0.1) is 29.6 Å². The summed E-state index contributed by atoms with van der Waals surface area (Å²) in [7, 11) is 1.57. The van der Waals surface area contributed by atoms with Crippen molar-refractivity contribution in [1.29, 1.82) is 0 Å². The van der Waals surface area contributed by atoms with Crippen molar-refractivity contribution in [3.05, 3.63) is 98.5 Å². The minimum Gasteiger partial charge on any atom is -0.497 e. The van der Waals surface area contributed by atoms with E-state index in [1.807, 2.05) is 18.2 Å². The van der Waals surface area contributed by atoms with E-state index in [1.54, 1.807) is 80.4 Å². The minimum absolute atomic E-state index is 0.00626. The highest BCUT2D eigenvalue weighted by atomic mass is 32.2. The molecule has 0 spiro atoms. The third-order valence-corrected chi connectivity index (χ3v) is 12.9. The molecule has 2 aliphatic heterocycles. The van der Waals surface area contributed by atoms with Gasteiger partial charge in [-0.3, -0.25) is 24.1 Å². The Morgan fingerprint density at radius 2 is 1.68 bits per heavy atom. The Morgan fingerprint density at radius 3 is 2.40 bits per heavy atom. The van der Waals surface area contributed by atoms with Crippen LogP contribution < -0.4 is 24.6 Å². The molecule has 7 atom stereocenters. The molecule has 2 saturated carbocycles. The third-order valence-electron chi connectivity index (χ3n) is 10.3. The monoisotopic (exact) mass is 711 g/mol. The van der Waals surface area contributed by atoms with Crippen molar-refractivity contribution in [3.8, 4) is 11.5 Å². The summed E-state index contributed by atoms with van der Waals surface area (Å²) in [6.07, 6.45) is 0.776. The Morgan fingerprint density at radius 1 is 0.940 bits per heavy atom. The number of esters is 1. The number of fused-ring (bicyclic) bond motifs is 9. The SMILES string of the molecule is CCOC(=O)c1ccc(NC(=O)COc2cccc([C@@H]3c4sc(=O)[nH]c4S[C@@H]4[C@@H]5C[C@@H]([C@@H]6C(=O)N(c7ccc(OC)cc7)C(=O)[C@@H]56)[C@H]34)c2)cc1. The number of carbonyl (C=O) groups excluding carboxylic acids is 4. The van der Waals surface area contributed by atoms with Crippen molar-refractivity contribution in [1.82, 2.24) is 4.98 Å². The molecule has 2 aliphatic carbocycles. The average molecular weight is 712 g/mol. The van der Waals surface area contributed by atoms with Gasteiger partial charge in [-0.05, 0) is 97.3 Å². The van der Waals surface area contributed by atoms with Crippen molar-refractivity contribution in [2.24, 2.45) is 29.6 Å². The summed E-state index contributed by atoms with van der Waals surface area (Å²) in [5, 5.41) is 3.64. The summed E-state index contributed by atoms with van der Waals surface area (Å²) in [5.41, 5.74) is 2.38. The number of aromatic amines is 1. The van der Waals surface area contributed by atoms with E-state index in [0.717, 1.165) is 21.9 Å². The quantitative estimate of drug-likeness (QED) is 0.174. The number of aromatic nitrogens is 1. The largest absolute Gasteiger partial charge is 0.497 e. The summed E-state index contributed by atoms with van der Waals surface area (Å²) in [6, 6.07) is 21.0. The number of imide groups is 1. The number of hydrogen-bond acceptors (Lipinski definition) is 10. The van der Waals surface area contributed by atoms with Crippen molar-refractivity contribution in [2.75, 3.05) is 30.5 Å². The lowest BCUT2D eigenvalue weighted by molar-refractivity contribution is -0.123. The molecular formula is C37H33N3O8S2. The van der Waals surface area contributed by atoms with Crippen LogP contribution in [0.4, 0.5) is 11.4 Å². The number of nitrogens with one attached hydrogen (secondary N) is 2. The molecule has 3 amide bonds. The number of ether oxygens (including phenoxy) is 3. The van der Waals surface area contributed by atoms with Gasteiger partial charge in [0.2, 0.25) is 11.8 Å². The van der Waals surface area contributed by atoms with Gasteiger partial charge in [0.15, 0.2) is 6.61 Å². The number of nitrogens with zero attached hydrogens (tertiary/aromatic N) is 1. The molecule has 256 valence electrons. The van der Waals surface area contributed by atoms with Gasteiger partial charge in [-0.15, -0.1) is 11.8 Å². The fraction of sp³-hybridized carbons (Fsp3) is 0.324. The fourth-order valence-electron chi connectivity index (χ4n) is 8.42. The zero-order valence-electron chi connectivity index (χ0n) is 27.1. The lowest BCUT2D eigenvalue weighted by Crippen LogP contribution is -2.42. The minimum atomic E-state index is -0.431. The number of thioether (sulfide) groups is 1. The first-order chi connectivity index (χ1) is 24.2. The highest BCUT2D eigenvalue weighted by Crippen LogP contribution is 2.68. The van der Waals surface area contributed by atoms with Gasteiger partial charge in [-0.25, -0.2) is 4.79 Å². The molecule has 13 heteroatoms. The molecule has 1 aromatic heterocycles. The van der Waals surface area contributed by atoms with E-state index >= 15 is 0 Å². The number of hydrogen-bond donors (Lipinski definition) is 2. The maximum Gasteiger partial charge on any atom is 0.338 e. The molecule has 2 N–H and O–H groups in total. The maximum atomic E-state index is 14.1. The lowest BCUT2D eigenvalue weighted by atomic mass is 9.68. The standard InChI is InChI=1S/C37H33N3O8S2/c1-3-47-36(44)18-7-9-20(10-8-18)38-26(41)17-48-23-6-4-5-19(15-23)27-28-24-16-25(31(28)49-33-32(27)50-37(45)39-33)30-29(24)34(42)40(35(30)43)21-11-13-22(46-2)14-12-21/h4-15,24-25,27-31H,3,16-17H2,1-2H3,(H,38,41)(H,39,45)/t24-,25-,27+,28-,29+,30+,31-/m1/s1. The van der Waals surface area contributed by atoms with Gasteiger partial charge in [0.05, 0.1) is 41.8 Å². The number of amides is 3. The van der Waals surface area contributed by atoms with Crippen LogP contribution in [0.25, 0.3) is 0 Å². The van der Waals surface area contributed by atoms with E-state index in [9.17, 15) is 24.0 Å². The number of carbonyl (C=O) groups is 4. The second kappa shape index (κ2) is 12.8. The van der Waals surface area contributed by atoms with Crippen LogP contribution in [0.2, 0.25) is 0 Å². The summed E-state index contributed by atoms with van der Waals surface area (Å²) in [6.45, 7) is 1.76. The molecule has 8 rings (SSSR count). The highest BCUT2D eigenvalue weighted by Gasteiger charge is 2.69. The normalized spacial score (nSPS) is 25.9. The highest BCUT2D eigenvalue weighted by molar-refractivity contribution is 8.00. The fourth-order valence-corrected chi connectivity index (χ4v) is 11.3. The molecule has 4 aromatic rings. The Balaban J connectivity index is 1.03. The number of thiazole rings is 1. The predicted octanol–water partition coefficient (Wildman–Crippen LogP) is 5.32. The molecule has 4 aliphatic rings. The Bertz CT molecular complexity index is 2060. The lowest BCUT2D eigenvalue weighted by Gasteiger charge is -2.43. The molecule has 50 heavy (non-hydrogen) atoms. The van der Waals surface area contributed by atoms with Crippen LogP contribution in [0.5, 0.6) is 11.5 Å². The molecule has 0 radical (unpaired) electrons. The predicted molar refractivity (Wildman–Crippen MR) is 187 cm³/mol. The number of anilines is 2. The van der Waals surface area contributed by atoms with Gasteiger partial charge in [0, 0.05) is 21.7 Å². The molecule has 0 unspecified atom stereocenters. The zero-order valence-corrected chi connectivity index (χ0v) is 28.8. The summed E-state index contributed by atoms with van der Waals surface area (Å²) >= 11 is 2.82. The molecule has 3 fully saturated rings. The van der Waals surface area contributed by atoms with Crippen LogP contribution in [-0.2, 0) is 19.1 Å². The van der Waals surface area contributed by atoms with Crippen LogP contribution in [0.1, 0.15) is 40.1 Å². The van der Waals surface area contributed by atoms with Gasteiger partial charge in [-0.2, -0.15) is 0 Å². The maximum absolute atomic E-state index is 14.1. The second-order valence-electron chi connectivity index (χ2n) is 12.9. The molecule has 2 bridgehead atoms. The molecule has 11 nitrogen and oxygen atoms in total. The van der Waals surface area contributed by atoms with Crippen LogP contribution in [0.3, 0.4) is 0 Å². The third kappa shape index (κ3) is 5.39. The van der Waals surface area contributed by atoms with Gasteiger partial charge in [0.1, 0.15) is 11.5 Å². The summed E-state index contributed by atoms with van der Waals surface area (Å²) in [5.74, 6) is -1.01. The molecule has 1 saturated heterocycles. The first kappa shape index (κ1) is 32.3. The molecule has 3 heterocycles. The Hall–Kier alpha value is -4.88. The van der Waals surface area contributed by atoms with E-state index in [4.69, 9.17) is 14.2 Å². The van der Waals surface area contributed by atoms with Gasteiger partial charge in [0.25, 0.3) is 5.91 Å².